The first-order chi connectivity index (χ1) is 6.98. The highest BCUT2D eigenvalue weighted by Crippen LogP contribution is 2.19. The first-order valence-electron chi connectivity index (χ1n) is 5.30. The highest BCUT2D eigenvalue weighted by atomic mass is 32.2. The second-order valence-electron chi connectivity index (χ2n) is 4.16. The van der Waals surface area contributed by atoms with Crippen LogP contribution in [-0.2, 0) is 10.2 Å². The van der Waals surface area contributed by atoms with Crippen molar-refractivity contribution in [2.24, 2.45) is 5.92 Å². The molecule has 1 aliphatic rings. The Balaban J connectivity index is 2.67. The molecule has 0 aromatic heterocycles. The van der Waals surface area contributed by atoms with E-state index < -0.39 is 10.2 Å². The molecule has 0 radical (unpaired) electrons. The lowest BCUT2D eigenvalue weighted by atomic mass is 10.0. The Morgan fingerprint density at radius 2 is 2.20 bits per heavy atom. The minimum atomic E-state index is -3.35. The van der Waals surface area contributed by atoms with E-state index in [-0.39, 0.29) is 13.2 Å². The van der Waals surface area contributed by atoms with Crippen LogP contribution in [0.3, 0.4) is 0 Å². The number of aliphatic hydroxyl groups is 1. The quantitative estimate of drug-likeness (QED) is 0.740. The minimum Gasteiger partial charge on any atom is -0.395 e. The summed E-state index contributed by atoms with van der Waals surface area (Å²) in [7, 11) is -1.85. The maximum Gasteiger partial charge on any atom is 0.281 e. The smallest absolute Gasteiger partial charge is 0.281 e. The molecule has 0 saturated carbocycles. The molecule has 0 aromatic rings. The van der Waals surface area contributed by atoms with Crippen molar-refractivity contribution in [1.29, 1.82) is 0 Å². The van der Waals surface area contributed by atoms with E-state index in [4.69, 9.17) is 5.11 Å². The molecule has 1 aliphatic heterocycles. The van der Waals surface area contributed by atoms with Crippen molar-refractivity contribution in [3.05, 3.63) is 0 Å². The van der Waals surface area contributed by atoms with E-state index in [1.165, 1.54) is 15.7 Å². The van der Waals surface area contributed by atoms with E-state index in [2.05, 4.69) is 6.92 Å². The van der Waals surface area contributed by atoms with E-state index >= 15 is 0 Å². The Bertz CT molecular complexity index is 292. The minimum absolute atomic E-state index is 0.140. The molecule has 90 valence electrons. The molecule has 0 amide bonds. The van der Waals surface area contributed by atoms with E-state index in [1.54, 1.807) is 0 Å². The van der Waals surface area contributed by atoms with Gasteiger partial charge in [0.2, 0.25) is 0 Å². The standard InChI is InChI=1S/C9H20N2O3S/c1-9-4-3-5-11(8-9)15(13,14)10(2)6-7-12/h9,12H,3-8H2,1-2H3. The number of aliphatic hydroxyl groups excluding tert-OH is 1. The zero-order valence-electron chi connectivity index (χ0n) is 9.39. The molecule has 0 bridgehead atoms. The van der Waals surface area contributed by atoms with Crippen molar-refractivity contribution < 1.29 is 13.5 Å². The third kappa shape index (κ3) is 3.14. The van der Waals surface area contributed by atoms with Crippen molar-refractivity contribution in [2.75, 3.05) is 33.3 Å². The lowest BCUT2D eigenvalue weighted by Gasteiger charge is -2.32. The summed E-state index contributed by atoms with van der Waals surface area (Å²) in [6, 6.07) is 0. The largest absolute Gasteiger partial charge is 0.395 e. The first kappa shape index (κ1) is 12.9. The van der Waals surface area contributed by atoms with Gasteiger partial charge in [0.15, 0.2) is 0 Å². The first-order valence-corrected chi connectivity index (χ1v) is 6.70. The van der Waals surface area contributed by atoms with Crippen LogP contribution < -0.4 is 0 Å². The van der Waals surface area contributed by atoms with Crippen LogP contribution in [0.25, 0.3) is 0 Å². The molecule has 1 N–H and O–H groups in total. The lowest BCUT2D eigenvalue weighted by Crippen LogP contribution is -2.46. The van der Waals surface area contributed by atoms with Crippen molar-refractivity contribution in [2.45, 2.75) is 19.8 Å². The predicted molar refractivity (Wildman–Crippen MR) is 58.6 cm³/mol. The number of hydrogen-bond acceptors (Lipinski definition) is 3. The highest BCUT2D eigenvalue weighted by Gasteiger charge is 2.29. The van der Waals surface area contributed by atoms with Gasteiger partial charge in [0.1, 0.15) is 0 Å². The van der Waals surface area contributed by atoms with E-state index in [1.807, 2.05) is 0 Å². The third-order valence-electron chi connectivity index (χ3n) is 2.75. The lowest BCUT2D eigenvalue weighted by molar-refractivity contribution is 0.239. The molecule has 0 spiro atoms. The zero-order chi connectivity index (χ0) is 11.5. The van der Waals surface area contributed by atoms with Crippen LogP contribution in [-0.4, -0.2) is 55.4 Å². The fourth-order valence-corrected chi connectivity index (χ4v) is 3.32. The van der Waals surface area contributed by atoms with Crippen LogP contribution in [0.15, 0.2) is 0 Å². The number of likely N-dealkylation sites (N-methyl/N-ethyl adjacent to an activating group) is 1. The summed E-state index contributed by atoms with van der Waals surface area (Å²) in [6.45, 7) is 3.28. The molecule has 5 nitrogen and oxygen atoms in total. The molecule has 6 heteroatoms. The fraction of sp³-hybridized carbons (Fsp3) is 1.00. The van der Waals surface area contributed by atoms with Crippen molar-refractivity contribution in [3.63, 3.8) is 0 Å². The summed E-state index contributed by atoms with van der Waals surface area (Å²) in [5.41, 5.74) is 0. The van der Waals surface area contributed by atoms with Crippen LogP contribution in [0.2, 0.25) is 0 Å². The average Bonchev–Trinajstić information content (AvgIpc) is 2.18. The molecule has 1 saturated heterocycles. The SMILES string of the molecule is CC1CCCN(S(=O)(=O)N(C)CCO)C1. The van der Waals surface area contributed by atoms with Gasteiger partial charge in [0.25, 0.3) is 10.2 Å². The van der Waals surface area contributed by atoms with Gasteiger partial charge in [-0.1, -0.05) is 6.92 Å². The van der Waals surface area contributed by atoms with Gasteiger partial charge in [-0.05, 0) is 18.8 Å². The topological polar surface area (TPSA) is 60.9 Å². The normalized spacial score (nSPS) is 24.7. The second kappa shape index (κ2) is 5.25. The summed E-state index contributed by atoms with van der Waals surface area (Å²) in [5, 5.41) is 8.73. The van der Waals surface area contributed by atoms with Gasteiger partial charge in [-0.25, -0.2) is 0 Å². The number of hydrogen-bond donors (Lipinski definition) is 1. The van der Waals surface area contributed by atoms with Gasteiger partial charge < -0.3 is 5.11 Å². The van der Waals surface area contributed by atoms with Gasteiger partial charge >= 0.3 is 0 Å². The van der Waals surface area contributed by atoms with Gasteiger partial charge in [-0.15, -0.1) is 0 Å². The van der Waals surface area contributed by atoms with E-state index in [9.17, 15) is 8.42 Å². The summed E-state index contributed by atoms with van der Waals surface area (Å²) in [5.74, 6) is 0.427. The second-order valence-corrected chi connectivity index (χ2v) is 6.19. The molecule has 1 heterocycles. The van der Waals surface area contributed by atoms with Gasteiger partial charge in [-0.2, -0.15) is 17.0 Å². The van der Waals surface area contributed by atoms with Gasteiger partial charge in [0, 0.05) is 26.7 Å². The highest BCUT2D eigenvalue weighted by molar-refractivity contribution is 7.86. The number of piperidine rings is 1. The Kier molecular flexibility index (Phi) is 4.51. The van der Waals surface area contributed by atoms with Gasteiger partial charge in [-0.3, -0.25) is 0 Å². The van der Waals surface area contributed by atoms with Gasteiger partial charge in [0.05, 0.1) is 6.61 Å². The fourth-order valence-electron chi connectivity index (χ4n) is 1.81. The predicted octanol–water partition coefficient (Wildman–Crippen LogP) is -0.113. The van der Waals surface area contributed by atoms with Crippen LogP contribution in [0.1, 0.15) is 19.8 Å². The Labute approximate surface area is 91.9 Å². The Hall–Kier alpha value is -0.170. The van der Waals surface area contributed by atoms with Crippen LogP contribution >= 0.6 is 0 Å². The molecule has 0 aromatic carbocycles. The number of nitrogens with zero attached hydrogens (tertiary/aromatic N) is 2. The molecular formula is C9H20N2O3S. The van der Waals surface area contributed by atoms with Crippen LogP contribution in [0, 0.1) is 5.92 Å². The molecule has 1 fully saturated rings. The summed E-state index contributed by atoms with van der Waals surface area (Å²) >= 11 is 0. The molecular weight excluding hydrogens is 216 g/mol. The van der Waals surface area contributed by atoms with Crippen molar-refractivity contribution in [1.82, 2.24) is 8.61 Å². The third-order valence-corrected chi connectivity index (χ3v) is 4.71. The van der Waals surface area contributed by atoms with E-state index in [0.29, 0.717) is 19.0 Å². The average molecular weight is 236 g/mol. The zero-order valence-corrected chi connectivity index (χ0v) is 10.2. The van der Waals surface area contributed by atoms with Crippen molar-refractivity contribution in [3.8, 4) is 0 Å². The van der Waals surface area contributed by atoms with Crippen molar-refractivity contribution >= 4 is 10.2 Å². The molecule has 1 atom stereocenters. The summed E-state index contributed by atoms with van der Waals surface area (Å²) < 4.78 is 26.6. The number of rotatable bonds is 4. The maximum atomic E-state index is 12.0. The summed E-state index contributed by atoms with van der Waals surface area (Å²) in [4.78, 5) is 0. The Morgan fingerprint density at radius 3 is 2.73 bits per heavy atom. The summed E-state index contributed by atoms with van der Waals surface area (Å²) in [6.07, 6.45) is 2.02. The van der Waals surface area contributed by atoms with Crippen LogP contribution in [0.4, 0.5) is 0 Å². The molecule has 1 rings (SSSR count). The monoisotopic (exact) mass is 236 g/mol. The van der Waals surface area contributed by atoms with Crippen LogP contribution in [0.5, 0.6) is 0 Å². The molecule has 1 unspecified atom stereocenters. The van der Waals surface area contributed by atoms with E-state index in [0.717, 1.165) is 12.8 Å². The maximum absolute atomic E-state index is 12.0. The Morgan fingerprint density at radius 1 is 1.53 bits per heavy atom. The molecule has 15 heavy (non-hydrogen) atoms. The molecule has 0 aliphatic carbocycles.